The van der Waals surface area contributed by atoms with E-state index in [0.717, 1.165) is 13.1 Å². The quantitative estimate of drug-likeness (QED) is 0.730. The van der Waals surface area contributed by atoms with Crippen molar-refractivity contribution >= 4 is 5.97 Å². The van der Waals surface area contributed by atoms with Gasteiger partial charge in [-0.3, -0.25) is 4.79 Å². The van der Waals surface area contributed by atoms with E-state index in [4.69, 9.17) is 5.11 Å². The molecule has 0 aliphatic heterocycles. The summed E-state index contributed by atoms with van der Waals surface area (Å²) in [6, 6.07) is 8.53. The van der Waals surface area contributed by atoms with Gasteiger partial charge < -0.3 is 10.4 Å². The van der Waals surface area contributed by atoms with Crippen LogP contribution in [0.3, 0.4) is 0 Å². The molecule has 0 saturated carbocycles. The summed E-state index contributed by atoms with van der Waals surface area (Å²) in [5.74, 6) is -0.727. The van der Waals surface area contributed by atoms with Gasteiger partial charge >= 0.3 is 5.97 Å². The molecule has 0 spiro atoms. The van der Waals surface area contributed by atoms with Crippen LogP contribution in [-0.2, 0) is 10.2 Å². The van der Waals surface area contributed by atoms with Gasteiger partial charge in [-0.15, -0.1) is 0 Å². The first kappa shape index (κ1) is 14.7. The third-order valence-electron chi connectivity index (χ3n) is 3.11. The number of carbonyl (C=O) groups is 1. The average molecular weight is 249 g/mol. The lowest BCUT2D eigenvalue weighted by molar-refractivity contribution is -0.137. The maximum Gasteiger partial charge on any atom is 0.303 e. The summed E-state index contributed by atoms with van der Waals surface area (Å²) in [5.41, 5.74) is 2.65. The van der Waals surface area contributed by atoms with Crippen LogP contribution in [-0.4, -0.2) is 24.2 Å². The maximum atomic E-state index is 10.4. The van der Waals surface area contributed by atoms with Crippen molar-refractivity contribution in [3.63, 3.8) is 0 Å². The molecule has 100 valence electrons. The second-order valence-corrected chi connectivity index (χ2v) is 5.43. The van der Waals surface area contributed by atoms with E-state index in [2.05, 4.69) is 50.4 Å². The van der Waals surface area contributed by atoms with E-state index in [0.29, 0.717) is 6.42 Å². The van der Waals surface area contributed by atoms with Gasteiger partial charge in [0, 0.05) is 18.4 Å². The Balaban J connectivity index is 2.42. The molecule has 0 fully saturated rings. The van der Waals surface area contributed by atoms with Crippen molar-refractivity contribution < 1.29 is 9.90 Å². The molecule has 3 heteroatoms. The third-order valence-corrected chi connectivity index (χ3v) is 3.11. The molecule has 2 N–H and O–H groups in total. The predicted molar refractivity (Wildman–Crippen MR) is 73.9 cm³/mol. The Kier molecular flexibility index (Phi) is 5.35. The summed E-state index contributed by atoms with van der Waals surface area (Å²) in [6.07, 6.45) is 0.914. The number of hydrogen-bond donors (Lipinski definition) is 2. The third kappa shape index (κ3) is 4.88. The molecule has 0 atom stereocenters. The monoisotopic (exact) mass is 249 g/mol. The van der Waals surface area contributed by atoms with Gasteiger partial charge in [-0.25, -0.2) is 0 Å². The van der Waals surface area contributed by atoms with E-state index in [9.17, 15) is 4.79 Å². The molecule has 1 rings (SSSR count). The molecule has 0 aromatic heterocycles. The zero-order valence-corrected chi connectivity index (χ0v) is 11.5. The second kappa shape index (κ2) is 6.55. The van der Waals surface area contributed by atoms with E-state index in [1.807, 2.05) is 0 Å². The van der Waals surface area contributed by atoms with Crippen LogP contribution in [0.25, 0.3) is 0 Å². The van der Waals surface area contributed by atoms with Crippen molar-refractivity contribution in [3.05, 3.63) is 35.4 Å². The Hall–Kier alpha value is -1.35. The van der Waals surface area contributed by atoms with Crippen LogP contribution >= 0.6 is 0 Å². The summed E-state index contributed by atoms with van der Waals surface area (Å²) in [6.45, 7) is 8.11. The highest BCUT2D eigenvalue weighted by atomic mass is 16.4. The molecule has 0 bridgehead atoms. The highest BCUT2D eigenvalue weighted by molar-refractivity contribution is 5.66. The smallest absolute Gasteiger partial charge is 0.303 e. The molecule has 0 amide bonds. The van der Waals surface area contributed by atoms with Gasteiger partial charge in [-0.05, 0) is 25.5 Å². The van der Waals surface area contributed by atoms with Gasteiger partial charge in [0.05, 0.1) is 0 Å². The molecular weight excluding hydrogens is 226 g/mol. The molecule has 0 heterocycles. The van der Waals surface area contributed by atoms with Crippen molar-refractivity contribution in [2.75, 3.05) is 13.1 Å². The Morgan fingerprint density at radius 2 is 2.11 bits per heavy atom. The number of carboxylic acid groups (broad SMARTS) is 1. The van der Waals surface area contributed by atoms with Crippen LogP contribution < -0.4 is 5.32 Å². The lowest BCUT2D eigenvalue weighted by Crippen LogP contribution is -2.33. The normalized spacial score (nSPS) is 11.5. The molecule has 0 aliphatic rings. The van der Waals surface area contributed by atoms with Crippen LogP contribution in [0.4, 0.5) is 0 Å². The molecule has 0 radical (unpaired) electrons. The Morgan fingerprint density at radius 1 is 1.39 bits per heavy atom. The van der Waals surface area contributed by atoms with Crippen LogP contribution in [0.15, 0.2) is 24.3 Å². The van der Waals surface area contributed by atoms with Gasteiger partial charge in [-0.1, -0.05) is 43.7 Å². The Morgan fingerprint density at radius 3 is 2.72 bits per heavy atom. The van der Waals surface area contributed by atoms with Gasteiger partial charge in [-0.2, -0.15) is 0 Å². The SMILES string of the molecule is Cc1cccc(C(C)(C)CNCCCC(=O)O)c1. The van der Waals surface area contributed by atoms with E-state index in [1.54, 1.807) is 0 Å². The number of rotatable bonds is 7. The predicted octanol–water partition coefficient (Wildman–Crippen LogP) is 2.73. The Labute approximate surface area is 109 Å². The molecule has 0 aliphatic carbocycles. The van der Waals surface area contributed by atoms with Crippen LogP contribution in [0, 0.1) is 6.92 Å². The molecule has 3 nitrogen and oxygen atoms in total. The molecule has 0 unspecified atom stereocenters. The van der Waals surface area contributed by atoms with Gasteiger partial charge in [0.1, 0.15) is 0 Å². The average Bonchev–Trinajstić information content (AvgIpc) is 2.28. The van der Waals surface area contributed by atoms with Crippen molar-refractivity contribution in [3.8, 4) is 0 Å². The second-order valence-electron chi connectivity index (χ2n) is 5.43. The summed E-state index contributed by atoms with van der Waals surface area (Å²) in [4.78, 5) is 10.4. The van der Waals surface area contributed by atoms with Gasteiger partial charge in [0.15, 0.2) is 0 Å². The van der Waals surface area contributed by atoms with E-state index >= 15 is 0 Å². The minimum absolute atomic E-state index is 0.0647. The summed E-state index contributed by atoms with van der Waals surface area (Å²) >= 11 is 0. The van der Waals surface area contributed by atoms with E-state index in [1.165, 1.54) is 11.1 Å². The number of aryl methyl sites for hydroxylation is 1. The fraction of sp³-hybridized carbons (Fsp3) is 0.533. The zero-order valence-electron chi connectivity index (χ0n) is 11.5. The lowest BCUT2D eigenvalue weighted by atomic mass is 9.84. The highest BCUT2D eigenvalue weighted by Crippen LogP contribution is 2.22. The number of nitrogens with one attached hydrogen (secondary N) is 1. The largest absolute Gasteiger partial charge is 0.481 e. The molecular formula is C15H23NO2. The van der Waals surface area contributed by atoms with Crippen molar-refractivity contribution in [2.45, 2.75) is 39.0 Å². The van der Waals surface area contributed by atoms with Gasteiger partial charge in [0.2, 0.25) is 0 Å². The first-order valence-electron chi connectivity index (χ1n) is 6.41. The standard InChI is InChI=1S/C15H23NO2/c1-12-6-4-7-13(10-12)15(2,3)11-16-9-5-8-14(17)18/h4,6-7,10,16H,5,8-9,11H2,1-3H3,(H,17,18). The number of hydrogen-bond acceptors (Lipinski definition) is 2. The minimum atomic E-state index is -0.727. The maximum absolute atomic E-state index is 10.4. The van der Waals surface area contributed by atoms with Crippen LogP contribution in [0.2, 0.25) is 0 Å². The first-order valence-corrected chi connectivity index (χ1v) is 6.41. The van der Waals surface area contributed by atoms with Crippen LogP contribution in [0.1, 0.15) is 37.8 Å². The van der Waals surface area contributed by atoms with Crippen LogP contribution in [0.5, 0.6) is 0 Å². The van der Waals surface area contributed by atoms with Gasteiger partial charge in [0.25, 0.3) is 0 Å². The molecule has 1 aromatic rings. The zero-order chi connectivity index (χ0) is 13.6. The van der Waals surface area contributed by atoms with Crippen molar-refractivity contribution in [1.82, 2.24) is 5.32 Å². The fourth-order valence-electron chi connectivity index (χ4n) is 1.93. The molecule has 1 aromatic carbocycles. The number of aliphatic carboxylic acids is 1. The van der Waals surface area contributed by atoms with Crippen molar-refractivity contribution in [1.29, 1.82) is 0 Å². The summed E-state index contributed by atoms with van der Waals surface area (Å²) in [7, 11) is 0. The lowest BCUT2D eigenvalue weighted by Gasteiger charge is -2.26. The van der Waals surface area contributed by atoms with Crippen molar-refractivity contribution in [2.24, 2.45) is 0 Å². The molecule has 18 heavy (non-hydrogen) atoms. The van der Waals surface area contributed by atoms with E-state index in [-0.39, 0.29) is 11.8 Å². The number of carboxylic acids is 1. The van der Waals surface area contributed by atoms with E-state index < -0.39 is 5.97 Å². The Bertz CT molecular complexity index is 399. The summed E-state index contributed by atoms with van der Waals surface area (Å²) < 4.78 is 0. The fourth-order valence-corrected chi connectivity index (χ4v) is 1.93. The topological polar surface area (TPSA) is 49.3 Å². The highest BCUT2D eigenvalue weighted by Gasteiger charge is 2.19. The molecule has 0 saturated heterocycles. The summed E-state index contributed by atoms with van der Waals surface area (Å²) in [5, 5.41) is 11.9. The minimum Gasteiger partial charge on any atom is -0.481 e. The first-order chi connectivity index (χ1) is 8.42. The number of benzene rings is 1.